The predicted molar refractivity (Wildman–Crippen MR) is 111 cm³/mol. The van der Waals surface area contributed by atoms with Crippen LogP contribution in [0.2, 0.25) is 5.02 Å². The van der Waals surface area contributed by atoms with E-state index in [-0.39, 0.29) is 5.91 Å². The molecule has 1 aliphatic heterocycles. The van der Waals surface area contributed by atoms with E-state index in [0.717, 1.165) is 16.9 Å². The van der Waals surface area contributed by atoms with E-state index in [4.69, 9.17) is 11.6 Å². The first-order valence-corrected chi connectivity index (χ1v) is 9.69. The van der Waals surface area contributed by atoms with Crippen molar-refractivity contribution in [3.05, 3.63) is 77.1 Å². The maximum atomic E-state index is 13.4. The van der Waals surface area contributed by atoms with Crippen LogP contribution in [0.1, 0.15) is 29.3 Å². The van der Waals surface area contributed by atoms with Gasteiger partial charge in [-0.05, 0) is 55.7 Å². The molecule has 2 heterocycles. The number of hydrogen-bond acceptors (Lipinski definition) is 3. The molecule has 1 aliphatic rings. The third kappa shape index (κ3) is 3.51. The summed E-state index contributed by atoms with van der Waals surface area (Å²) >= 11 is 6.45. The van der Waals surface area contributed by atoms with Crippen molar-refractivity contribution >= 4 is 29.2 Å². The van der Waals surface area contributed by atoms with E-state index in [2.05, 4.69) is 5.10 Å². The highest BCUT2D eigenvalue weighted by atomic mass is 35.5. The van der Waals surface area contributed by atoms with Crippen LogP contribution in [-0.4, -0.2) is 33.3 Å². The molecule has 0 aliphatic carbocycles. The minimum Gasteiger partial charge on any atom is -0.481 e. The number of carboxylic acids is 1. The minimum atomic E-state index is -0.932. The monoisotopic (exact) mass is 409 g/mol. The largest absolute Gasteiger partial charge is 0.481 e. The summed E-state index contributed by atoms with van der Waals surface area (Å²) < 4.78 is 1.67. The number of rotatable bonds is 3. The highest BCUT2D eigenvalue weighted by molar-refractivity contribution is 6.34. The summed E-state index contributed by atoms with van der Waals surface area (Å²) in [4.78, 5) is 26.9. The van der Waals surface area contributed by atoms with Crippen molar-refractivity contribution in [2.24, 2.45) is 5.41 Å². The van der Waals surface area contributed by atoms with Gasteiger partial charge >= 0.3 is 5.97 Å². The van der Waals surface area contributed by atoms with Crippen LogP contribution in [0, 0.1) is 5.41 Å². The molecule has 0 radical (unpaired) electrons. The summed E-state index contributed by atoms with van der Waals surface area (Å²) in [6.45, 7) is 2.03. The van der Waals surface area contributed by atoms with Crippen LogP contribution in [0.5, 0.6) is 0 Å². The van der Waals surface area contributed by atoms with Crippen LogP contribution in [0.3, 0.4) is 0 Å². The van der Waals surface area contributed by atoms with Gasteiger partial charge in [-0.2, -0.15) is 5.10 Å². The fraction of sp³-hybridized carbons (Fsp3) is 0.227. The number of nitrogens with zero attached hydrogens (tertiary/aromatic N) is 3. The fourth-order valence-corrected chi connectivity index (χ4v) is 3.95. The Morgan fingerprint density at radius 3 is 2.66 bits per heavy atom. The smallest absolute Gasteiger partial charge is 0.309 e. The first-order chi connectivity index (χ1) is 13.9. The fourth-order valence-electron chi connectivity index (χ4n) is 3.69. The normalized spacial score (nSPS) is 18.8. The van der Waals surface area contributed by atoms with E-state index in [1.165, 1.54) is 0 Å². The summed E-state index contributed by atoms with van der Waals surface area (Å²) in [5.41, 5.74) is 1.77. The Kier molecular flexibility index (Phi) is 4.88. The van der Waals surface area contributed by atoms with E-state index < -0.39 is 11.4 Å². The molecule has 0 saturated heterocycles. The van der Waals surface area contributed by atoms with E-state index in [9.17, 15) is 14.7 Å². The quantitative estimate of drug-likeness (QED) is 0.703. The average Bonchev–Trinajstić information content (AvgIpc) is 3.18. The second kappa shape index (κ2) is 7.37. The zero-order valence-electron chi connectivity index (χ0n) is 15.9. The lowest BCUT2D eigenvalue weighted by Gasteiger charge is -2.24. The SMILES string of the molecule is CC1(C(=O)O)CCN(C(=O)c2ccc(-n3cccn3)cc2Cl)c2ccccc2C1. The number of benzene rings is 2. The van der Waals surface area contributed by atoms with Gasteiger partial charge in [0.25, 0.3) is 5.91 Å². The molecule has 1 aromatic heterocycles. The molecule has 2 aromatic carbocycles. The van der Waals surface area contributed by atoms with E-state index in [1.807, 2.05) is 24.3 Å². The topological polar surface area (TPSA) is 75.4 Å². The number of halogens is 1. The minimum absolute atomic E-state index is 0.246. The lowest BCUT2D eigenvalue weighted by Crippen LogP contribution is -2.35. The Hall–Kier alpha value is -3.12. The van der Waals surface area contributed by atoms with Crippen molar-refractivity contribution in [1.82, 2.24) is 9.78 Å². The van der Waals surface area contributed by atoms with Crippen LogP contribution in [0.4, 0.5) is 5.69 Å². The highest BCUT2D eigenvalue weighted by Crippen LogP contribution is 2.37. The molecule has 6 nitrogen and oxygen atoms in total. The number of aromatic nitrogens is 2. The van der Waals surface area contributed by atoms with Gasteiger partial charge in [-0.3, -0.25) is 9.59 Å². The zero-order chi connectivity index (χ0) is 20.6. The number of aliphatic carboxylic acids is 1. The number of carbonyl (C=O) groups is 2. The van der Waals surface area contributed by atoms with Gasteiger partial charge in [0.15, 0.2) is 0 Å². The van der Waals surface area contributed by atoms with Crippen LogP contribution in [0.25, 0.3) is 5.69 Å². The first kappa shape index (κ1) is 19.2. The van der Waals surface area contributed by atoms with Crippen molar-refractivity contribution in [2.45, 2.75) is 19.8 Å². The Labute approximate surface area is 173 Å². The number of anilines is 1. The molecule has 148 valence electrons. The Bertz CT molecular complexity index is 1080. The van der Waals surface area contributed by atoms with Gasteiger partial charge in [0, 0.05) is 24.6 Å². The molecule has 1 unspecified atom stereocenters. The molecule has 1 amide bonds. The number of amides is 1. The number of fused-ring (bicyclic) bond motifs is 1. The van der Waals surface area contributed by atoms with Gasteiger partial charge in [0.1, 0.15) is 0 Å². The summed E-state index contributed by atoms with van der Waals surface area (Å²) in [5.74, 6) is -1.10. The number of para-hydroxylation sites is 1. The van der Waals surface area contributed by atoms with Crippen molar-refractivity contribution in [1.29, 1.82) is 0 Å². The molecule has 4 rings (SSSR count). The van der Waals surface area contributed by atoms with Crippen LogP contribution in [-0.2, 0) is 11.2 Å². The second-order valence-corrected chi connectivity index (χ2v) is 7.90. The number of hydrogen-bond donors (Lipinski definition) is 1. The van der Waals surface area contributed by atoms with Gasteiger partial charge in [-0.1, -0.05) is 29.8 Å². The summed E-state index contributed by atoms with van der Waals surface area (Å²) in [6.07, 6.45) is 4.19. The third-order valence-corrected chi connectivity index (χ3v) is 5.78. The molecule has 0 bridgehead atoms. The third-order valence-electron chi connectivity index (χ3n) is 5.46. The van der Waals surface area contributed by atoms with E-state index >= 15 is 0 Å². The summed E-state index contributed by atoms with van der Waals surface area (Å²) in [5, 5.41) is 14.2. The van der Waals surface area contributed by atoms with Gasteiger partial charge in [0.05, 0.1) is 21.7 Å². The highest BCUT2D eigenvalue weighted by Gasteiger charge is 2.38. The summed E-state index contributed by atoms with van der Waals surface area (Å²) in [6, 6.07) is 14.4. The maximum absolute atomic E-state index is 13.4. The number of carbonyl (C=O) groups excluding carboxylic acids is 1. The maximum Gasteiger partial charge on any atom is 0.309 e. The molecule has 29 heavy (non-hydrogen) atoms. The Morgan fingerprint density at radius 1 is 1.17 bits per heavy atom. The molecule has 1 N–H and O–H groups in total. The van der Waals surface area contributed by atoms with Crippen LogP contribution < -0.4 is 4.90 Å². The van der Waals surface area contributed by atoms with Crippen LogP contribution >= 0.6 is 11.6 Å². The Balaban J connectivity index is 1.71. The van der Waals surface area contributed by atoms with Crippen LogP contribution in [0.15, 0.2) is 60.9 Å². The van der Waals surface area contributed by atoms with Crippen molar-refractivity contribution in [2.75, 3.05) is 11.4 Å². The van der Waals surface area contributed by atoms with E-state index in [0.29, 0.717) is 30.0 Å². The van der Waals surface area contributed by atoms with Gasteiger partial charge in [0.2, 0.25) is 0 Å². The lowest BCUT2D eigenvalue weighted by atomic mass is 9.81. The lowest BCUT2D eigenvalue weighted by molar-refractivity contribution is -0.148. The van der Waals surface area contributed by atoms with Crippen molar-refractivity contribution in [3.8, 4) is 5.69 Å². The molecule has 3 aromatic rings. The molecule has 0 saturated carbocycles. The standard InChI is InChI=1S/C22H20ClN3O3/c1-22(21(28)29)9-12-25(19-6-3-2-5-15(19)14-22)20(27)17-8-7-16(13-18(17)23)26-11-4-10-24-26/h2-8,10-11,13H,9,12,14H2,1H3,(H,28,29). The van der Waals surface area contributed by atoms with Gasteiger partial charge in [-0.15, -0.1) is 0 Å². The average molecular weight is 410 g/mol. The van der Waals surface area contributed by atoms with E-state index in [1.54, 1.807) is 53.2 Å². The zero-order valence-corrected chi connectivity index (χ0v) is 16.6. The Morgan fingerprint density at radius 2 is 1.97 bits per heavy atom. The van der Waals surface area contributed by atoms with Gasteiger partial charge < -0.3 is 10.0 Å². The molecular formula is C22H20ClN3O3. The molecule has 1 atom stereocenters. The number of carboxylic acid groups (broad SMARTS) is 1. The molecule has 0 fully saturated rings. The van der Waals surface area contributed by atoms with Gasteiger partial charge in [-0.25, -0.2) is 4.68 Å². The molecule has 7 heteroatoms. The molecular weight excluding hydrogens is 390 g/mol. The first-order valence-electron chi connectivity index (χ1n) is 9.32. The molecule has 0 spiro atoms. The van der Waals surface area contributed by atoms with Crippen molar-refractivity contribution < 1.29 is 14.7 Å². The van der Waals surface area contributed by atoms with Crippen molar-refractivity contribution in [3.63, 3.8) is 0 Å². The predicted octanol–water partition coefficient (Wildman–Crippen LogP) is 4.21. The second-order valence-electron chi connectivity index (χ2n) is 7.49. The summed E-state index contributed by atoms with van der Waals surface area (Å²) in [7, 11) is 0.